The number of nitrogens with one attached hydrogen (secondary N) is 3. The van der Waals surface area contributed by atoms with Gasteiger partial charge in [-0.1, -0.05) is 85.6 Å². The summed E-state index contributed by atoms with van der Waals surface area (Å²) < 4.78 is 16.0. The highest BCUT2D eigenvalue weighted by Crippen LogP contribution is 2.37. The van der Waals surface area contributed by atoms with Gasteiger partial charge in [0.05, 0.1) is 0 Å². The summed E-state index contributed by atoms with van der Waals surface area (Å²) in [5.41, 5.74) is 7.81. The van der Waals surface area contributed by atoms with E-state index >= 15 is 0 Å². The molecule has 5 atom stereocenters. The highest BCUT2D eigenvalue weighted by atomic mass is 31.2. The minimum atomic E-state index is -4.79. The molecule has 7 N–H and O–H groups in total. The number of primary amides is 1. The minimum Gasteiger partial charge on any atom is -0.404 e. The third-order valence-corrected chi connectivity index (χ3v) is 11.0. The molecule has 3 aromatic rings. The second-order valence-electron chi connectivity index (χ2n) is 15.0. The fraction of sp³-hybridized carbons (Fsp3) is 0.429. The number of nitrogens with zero attached hydrogens (tertiary/aromatic N) is 1. The van der Waals surface area contributed by atoms with Gasteiger partial charge in [0.15, 0.2) is 0 Å². The monoisotopic (exact) mass is 817 g/mol. The van der Waals surface area contributed by atoms with Crippen LogP contribution in [-0.4, -0.2) is 74.2 Å². The zero-order chi connectivity index (χ0) is 41.7. The van der Waals surface area contributed by atoms with Crippen molar-refractivity contribution in [3.63, 3.8) is 0 Å². The molecule has 0 bridgehead atoms. The maximum Gasteiger partial charge on any atom is 0.524 e. The number of fused-ring (bicyclic) bond motifs is 1. The van der Waals surface area contributed by atoms with Crippen LogP contribution in [-0.2, 0) is 52.7 Å². The normalized spacial score (nSPS) is 19.1. The van der Waals surface area contributed by atoms with Crippen molar-refractivity contribution in [2.45, 2.75) is 108 Å². The van der Waals surface area contributed by atoms with Gasteiger partial charge in [-0.2, -0.15) is 0 Å². The van der Waals surface area contributed by atoms with Gasteiger partial charge in [-0.05, 0) is 73.8 Å². The molecular formula is C42H52N5O10P. The molecule has 15 nitrogen and oxygen atoms in total. The molecule has 2 aliphatic heterocycles. The molecule has 2 aliphatic rings. The number of phosphoric ester groups is 1. The van der Waals surface area contributed by atoms with Gasteiger partial charge in [0.25, 0.3) is 0 Å². The lowest BCUT2D eigenvalue weighted by Crippen LogP contribution is -2.58. The molecular weight excluding hydrogens is 765 g/mol. The second-order valence-corrected chi connectivity index (χ2v) is 16.1. The highest BCUT2D eigenvalue weighted by Gasteiger charge is 2.45. The summed E-state index contributed by atoms with van der Waals surface area (Å²) in [7, 11) is -4.79. The first-order valence-corrected chi connectivity index (χ1v) is 21.2. The Morgan fingerprint density at radius 1 is 0.810 bits per heavy atom. The number of hydrogen-bond acceptors (Lipinski definition) is 8. The summed E-state index contributed by atoms with van der Waals surface area (Å²) in [6.07, 6.45) is 3.77. The van der Waals surface area contributed by atoms with Gasteiger partial charge < -0.3 is 31.1 Å². The van der Waals surface area contributed by atoms with E-state index in [1.54, 1.807) is 12.1 Å². The molecule has 0 aliphatic carbocycles. The third kappa shape index (κ3) is 13.4. The van der Waals surface area contributed by atoms with Gasteiger partial charge in [-0.3, -0.25) is 38.6 Å². The number of hydrogen-bond donors (Lipinski definition) is 6. The van der Waals surface area contributed by atoms with E-state index in [-0.39, 0.29) is 56.2 Å². The van der Waals surface area contributed by atoms with Crippen molar-refractivity contribution in [2.75, 3.05) is 0 Å². The Morgan fingerprint density at radius 3 is 2.12 bits per heavy atom. The van der Waals surface area contributed by atoms with E-state index in [1.807, 2.05) is 60.7 Å². The molecule has 5 amide bonds. The first-order valence-electron chi connectivity index (χ1n) is 19.7. The highest BCUT2D eigenvalue weighted by molar-refractivity contribution is 7.46. The number of carbonyl (C=O) groups is 6. The number of ketones is 1. The van der Waals surface area contributed by atoms with Crippen molar-refractivity contribution in [2.24, 2.45) is 11.7 Å². The summed E-state index contributed by atoms with van der Waals surface area (Å²) in [5, 5.41) is 8.49. The number of carbonyl (C=O) groups excluding carboxylic acids is 6. The Bertz CT molecular complexity index is 1940. The predicted octanol–water partition coefficient (Wildman–Crippen LogP) is 3.39. The van der Waals surface area contributed by atoms with Crippen LogP contribution in [0.25, 0.3) is 0 Å². The molecule has 0 aromatic heterocycles. The molecule has 1 unspecified atom stereocenters. The van der Waals surface area contributed by atoms with Crippen LogP contribution >= 0.6 is 7.82 Å². The lowest BCUT2D eigenvalue weighted by Gasteiger charge is -2.36. The topological polar surface area (TPSA) is 235 Å². The van der Waals surface area contributed by atoms with Crippen LogP contribution in [0.4, 0.5) is 0 Å². The average molecular weight is 818 g/mol. The van der Waals surface area contributed by atoms with E-state index in [1.165, 1.54) is 17.0 Å². The number of amides is 5. The van der Waals surface area contributed by atoms with Crippen LogP contribution in [0.1, 0.15) is 80.9 Å². The minimum absolute atomic E-state index is 0.0324. The lowest BCUT2D eigenvalue weighted by atomic mass is 9.90. The summed E-state index contributed by atoms with van der Waals surface area (Å²) in [4.78, 5) is 101. The van der Waals surface area contributed by atoms with Gasteiger partial charge >= 0.3 is 7.82 Å². The Balaban J connectivity index is 1.29. The number of benzene rings is 3. The van der Waals surface area contributed by atoms with Gasteiger partial charge in [0, 0.05) is 37.8 Å². The van der Waals surface area contributed by atoms with Crippen molar-refractivity contribution in [3.05, 3.63) is 102 Å². The van der Waals surface area contributed by atoms with Crippen LogP contribution < -0.4 is 26.2 Å². The smallest absolute Gasteiger partial charge is 0.404 e. The van der Waals surface area contributed by atoms with Gasteiger partial charge in [0.2, 0.25) is 29.5 Å². The van der Waals surface area contributed by atoms with Crippen LogP contribution in [0.15, 0.2) is 84.9 Å². The van der Waals surface area contributed by atoms with Gasteiger partial charge in [-0.15, -0.1) is 0 Å². The molecule has 0 radical (unpaired) electrons. The Hall–Kier alpha value is -5.37. The fourth-order valence-corrected chi connectivity index (χ4v) is 8.01. The van der Waals surface area contributed by atoms with Crippen LogP contribution in [0.3, 0.4) is 0 Å². The number of rotatable bonds is 19. The molecule has 310 valence electrons. The Labute approximate surface area is 337 Å². The second kappa shape index (κ2) is 20.9. The zero-order valence-corrected chi connectivity index (χ0v) is 33.2. The van der Waals surface area contributed by atoms with E-state index in [2.05, 4.69) is 20.5 Å². The van der Waals surface area contributed by atoms with Gasteiger partial charge in [0.1, 0.15) is 29.7 Å². The zero-order valence-electron chi connectivity index (χ0n) is 32.3. The van der Waals surface area contributed by atoms with E-state index < -0.39 is 61.4 Å². The van der Waals surface area contributed by atoms with Crippen LogP contribution in [0, 0.1) is 5.92 Å². The van der Waals surface area contributed by atoms with E-state index in [0.29, 0.717) is 44.1 Å². The number of nitrogens with two attached hydrogens (primary N) is 1. The summed E-state index contributed by atoms with van der Waals surface area (Å²) in [6, 6.07) is 21.3. The molecule has 16 heteroatoms. The summed E-state index contributed by atoms with van der Waals surface area (Å²) in [6.45, 7) is 0.204. The van der Waals surface area contributed by atoms with Crippen LogP contribution in [0.2, 0.25) is 0 Å². The summed E-state index contributed by atoms with van der Waals surface area (Å²) in [5.74, 6) is -3.71. The standard InChI is InChI=1S/C42H52N5O10P/c43-38(49)24-22-35(40(51)44-27-30-11-5-2-6-12-30)45-41(52)37-23-18-32-13-7-8-14-36(42(53)47(32)37)46-39(50)31(26-33(48)19-15-28-9-3-1-4-10-28)25-29-16-20-34(21-17-29)57-58(54,55)56/h1-6,9-12,16-17,20-21,31-32,35-37H,7-8,13-15,18-19,22-27H2,(H2,43,49)(H,44,51)(H,45,52)(H,46,50)(H2,54,55,56)/t31-,32?,35+,36+,37+/m1/s1. The average Bonchev–Trinajstić information content (AvgIpc) is 3.62. The van der Waals surface area contributed by atoms with Gasteiger partial charge in [-0.25, -0.2) is 4.57 Å². The fourth-order valence-electron chi connectivity index (χ4n) is 7.62. The maximum atomic E-state index is 14.4. The molecule has 2 saturated heterocycles. The van der Waals surface area contributed by atoms with Crippen molar-refractivity contribution in [1.82, 2.24) is 20.9 Å². The van der Waals surface area contributed by atoms with E-state index in [4.69, 9.17) is 5.73 Å². The number of phosphoric acid groups is 1. The largest absolute Gasteiger partial charge is 0.524 e. The molecule has 3 aromatic carbocycles. The number of aryl methyl sites for hydroxylation is 1. The molecule has 58 heavy (non-hydrogen) atoms. The molecule has 0 saturated carbocycles. The summed E-state index contributed by atoms with van der Waals surface area (Å²) >= 11 is 0. The SMILES string of the molecule is NC(=O)CC[C@H](NC(=O)[C@@H]1CCC2CCCC[C@H](NC(=O)[C@@H](CC(=O)CCc3ccccc3)Cc3ccc(OP(=O)(O)O)cc3)C(=O)N21)C(=O)NCc1ccccc1. The maximum absolute atomic E-state index is 14.4. The molecule has 2 fully saturated rings. The Kier molecular flexibility index (Phi) is 15.7. The predicted molar refractivity (Wildman–Crippen MR) is 213 cm³/mol. The van der Waals surface area contributed by atoms with Crippen molar-refractivity contribution in [3.8, 4) is 5.75 Å². The lowest BCUT2D eigenvalue weighted by molar-refractivity contribution is -0.145. The van der Waals surface area contributed by atoms with Crippen molar-refractivity contribution < 1.29 is 47.6 Å². The molecule has 0 spiro atoms. The van der Waals surface area contributed by atoms with Crippen molar-refractivity contribution >= 4 is 43.1 Å². The van der Waals surface area contributed by atoms with Crippen LogP contribution in [0.5, 0.6) is 5.75 Å². The third-order valence-electron chi connectivity index (χ3n) is 10.6. The Morgan fingerprint density at radius 2 is 1.47 bits per heavy atom. The first-order chi connectivity index (χ1) is 27.8. The number of Topliss-reactive ketones (excluding diaryl/α,β-unsaturated/α-hetero) is 1. The van der Waals surface area contributed by atoms with E-state index in [0.717, 1.165) is 17.5 Å². The molecule has 5 rings (SSSR count). The van der Waals surface area contributed by atoms with Crippen molar-refractivity contribution in [1.29, 1.82) is 0 Å². The van der Waals surface area contributed by atoms with E-state index in [9.17, 15) is 43.1 Å². The first kappa shape index (κ1) is 43.7. The molecule has 2 heterocycles. The quantitative estimate of drug-likeness (QED) is 0.0966.